The lowest BCUT2D eigenvalue weighted by Crippen LogP contribution is -2.21. The maximum atomic E-state index is 11.9. The largest absolute Gasteiger partial charge is 0.299 e. The Bertz CT molecular complexity index is 445. The van der Waals surface area contributed by atoms with Gasteiger partial charge in [-0.05, 0) is 18.1 Å². The molecule has 0 unspecified atom stereocenters. The molecule has 1 heterocycles. The fourth-order valence-electron chi connectivity index (χ4n) is 1.48. The fraction of sp³-hybridized carbons (Fsp3) is 0.538. The molecule has 1 atom stereocenters. The summed E-state index contributed by atoms with van der Waals surface area (Å²) >= 11 is 1.30. The van der Waals surface area contributed by atoms with Gasteiger partial charge in [0, 0.05) is 16.7 Å². The van der Waals surface area contributed by atoms with E-state index < -0.39 is 5.91 Å². The van der Waals surface area contributed by atoms with Crippen molar-refractivity contribution in [2.75, 3.05) is 0 Å². The number of hydrogen-bond donors (Lipinski definition) is 2. The van der Waals surface area contributed by atoms with Crippen molar-refractivity contribution in [1.29, 1.82) is 0 Å². The lowest BCUT2D eigenvalue weighted by Gasteiger charge is -2.19. The van der Waals surface area contributed by atoms with E-state index in [9.17, 15) is 9.59 Å². The Labute approximate surface area is 111 Å². The number of amides is 1. The van der Waals surface area contributed by atoms with Crippen LogP contribution in [0.25, 0.3) is 0 Å². The van der Waals surface area contributed by atoms with Crippen molar-refractivity contribution in [2.24, 2.45) is 5.41 Å². The highest BCUT2D eigenvalue weighted by Crippen LogP contribution is 2.30. The van der Waals surface area contributed by atoms with Crippen LogP contribution >= 0.6 is 11.3 Å². The topological polar surface area (TPSA) is 66.4 Å². The number of nitrogens with one attached hydrogen (secondary N) is 1. The fourth-order valence-corrected chi connectivity index (χ4v) is 2.43. The number of hydrogen-bond acceptors (Lipinski definition) is 4. The van der Waals surface area contributed by atoms with Crippen molar-refractivity contribution >= 4 is 23.0 Å². The van der Waals surface area contributed by atoms with E-state index in [0.29, 0.717) is 11.3 Å². The van der Waals surface area contributed by atoms with Gasteiger partial charge in [0.2, 0.25) is 0 Å². The molecule has 1 aromatic rings. The van der Waals surface area contributed by atoms with Gasteiger partial charge in [-0.25, -0.2) is 5.48 Å². The summed E-state index contributed by atoms with van der Waals surface area (Å²) in [6.07, 6.45) is 0.462. The van der Waals surface area contributed by atoms with E-state index in [1.165, 1.54) is 11.3 Å². The number of Topliss-reactive ketones (excluding diaryl/α,β-unsaturated/α-hetero) is 1. The summed E-state index contributed by atoms with van der Waals surface area (Å²) in [5, 5.41) is 8.54. The predicted molar refractivity (Wildman–Crippen MR) is 71.1 cm³/mol. The van der Waals surface area contributed by atoms with Gasteiger partial charge >= 0.3 is 0 Å². The zero-order valence-electron chi connectivity index (χ0n) is 11.1. The highest BCUT2D eigenvalue weighted by atomic mass is 32.1. The van der Waals surface area contributed by atoms with Crippen molar-refractivity contribution in [3.05, 3.63) is 21.9 Å². The summed E-state index contributed by atoms with van der Waals surface area (Å²) in [5.41, 5.74) is 1.27. The molecule has 0 radical (unpaired) electrons. The molecule has 1 rings (SSSR count). The van der Waals surface area contributed by atoms with E-state index in [4.69, 9.17) is 5.21 Å². The van der Waals surface area contributed by atoms with Crippen LogP contribution in [0.4, 0.5) is 0 Å². The van der Waals surface area contributed by atoms with Crippen LogP contribution in [-0.4, -0.2) is 16.9 Å². The smallest absolute Gasteiger partial charge is 0.284 e. The van der Waals surface area contributed by atoms with Gasteiger partial charge < -0.3 is 0 Å². The second-order valence-corrected chi connectivity index (χ2v) is 6.54. The molecule has 2 N–H and O–H groups in total. The maximum absolute atomic E-state index is 11.9. The summed E-state index contributed by atoms with van der Waals surface area (Å²) in [4.78, 5) is 24.6. The predicted octanol–water partition coefficient (Wildman–Crippen LogP) is 2.98. The Hall–Kier alpha value is -1.20. The molecule has 1 aromatic heterocycles. The molecule has 0 aromatic carbocycles. The average Bonchev–Trinajstić information content (AvgIpc) is 2.75. The van der Waals surface area contributed by atoms with Gasteiger partial charge in [-0.3, -0.25) is 14.8 Å². The quantitative estimate of drug-likeness (QED) is 0.652. The van der Waals surface area contributed by atoms with Crippen molar-refractivity contribution in [3.8, 4) is 0 Å². The Morgan fingerprint density at radius 3 is 2.50 bits per heavy atom. The third-order valence-electron chi connectivity index (χ3n) is 2.77. The standard InChI is InChI=1S/C13H19NO3S/c1-8(7-11(15)13(2,3)4)9-5-6-10(18-9)12(16)14-17/h5-6,8,17H,7H2,1-4H3,(H,14,16)/t8-/m0/s1. The Morgan fingerprint density at radius 2 is 2.00 bits per heavy atom. The first-order valence-electron chi connectivity index (χ1n) is 5.83. The molecule has 0 saturated heterocycles. The van der Waals surface area contributed by atoms with Gasteiger partial charge in [0.15, 0.2) is 0 Å². The number of carbonyl (C=O) groups is 2. The third kappa shape index (κ3) is 3.65. The minimum atomic E-state index is -0.513. The minimum Gasteiger partial charge on any atom is -0.299 e. The Balaban J connectivity index is 2.73. The number of ketones is 1. The van der Waals surface area contributed by atoms with E-state index in [2.05, 4.69) is 0 Å². The van der Waals surface area contributed by atoms with E-state index in [1.54, 1.807) is 11.5 Å². The summed E-state index contributed by atoms with van der Waals surface area (Å²) in [5.74, 6) is -0.223. The van der Waals surface area contributed by atoms with Crippen LogP contribution < -0.4 is 5.48 Å². The van der Waals surface area contributed by atoms with Gasteiger partial charge in [0.05, 0.1) is 4.88 Å². The molecule has 0 saturated carbocycles. The summed E-state index contributed by atoms with van der Waals surface area (Å²) in [6, 6.07) is 3.49. The molecular formula is C13H19NO3S. The van der Waals surface area contributed by atoms with E-state index in [0.717, 1.165) is 4.88 Å². The normalized spacial score (nSPS) is 13.2. The molecule has 0 fully saturated rings. The lowest BCUT2D eigenvalue weighted by molar-refractivity contribution is -0.126. The van der Waals surface area contributed by atoms with Crippen molar-refractivity contribution in [3.63, 3.8) is 0 Å². The van der Waals surface area contributed by atoms with Gasteiger partial charge in [0.1, 0.15) is 5.78 Å². The number of thiophene rings is 1. The molecule has 4 nitrogen and oxygen atoms in total. The molecule has 0 aliphatic heterocycles. The third-order valence-corrected chi connectivity index (χ3v) is 4.08. The second-order valence-electron chi connectivity index (χ2n) is 5.42. The summed E-state index contributed by atoms with van der Waals surface area (Å²) < 4.78 is 0. The van der Waals surface area contributed by atoms with Crippen molar-refractivity contribution < 1.29 is 14.8 Å². The molecule has 0 aliphatic rings. The molecule has 0 spiro atoms. The van der Waals surface area contributed by atoms with Gasteiger partial charge in [-0.2, -0.15) is 0 Å². The molecule has 5 heteroatoms. The SMILES string of the molecule is C[C@@H](CC(=O)C(C)(C)C)c1ccc(C(=O)NO)s1. The molecule has 100 valence electrons. The van der Waals surface area contributed by atoms with Gasteiger partial charge in [-0.15, -0.1) is 11.3 Å². The molecule has 18 heavy (non-hydrogen) atoms. The monoisotopic (exact) mass is 269 g/mol. The minimum absolute atomic E-state index is 0.0852. The first kappa shape index (κ1) is 14.9. The van der Waals surface area contributed by atoms with Gasteiger partial charge in [-0.1, -0.05) is 27.7 Å². The zero-order valence-corrected chi connectivity index (χ0v) is 11.9. The molecular weight excluding hydrogens is 250 g/mol. The first-order chi connectivity index (χ1) is 8.25. The van der Waals surface area contributed by atoms with E-state index in [1.807, 2.05) is 33.8 Å². The van der Waals surface area contributed by atoms with Crippen LogP contribution in [0.15, 0.2) is 12.1 Å². The Morgan fingerprint density at radius 1 is 1.39 bits per heavy atom. The average molecular weight is 269 g/mol. The second kappa shape index (κ2) is 5.63. The Kier molecular flexibility index (Phi) is 4.65. The number of carbonyl (C=O) groups excluding carboxylic acids is 2. The van der Waals surface area contributed by atoms with Gasteiger partial charge in [0.25, 0.3) is 5.91 Å². The lowest BCUT2D eigenvalue weighted by atomic mass is 9.85. The highest BCUT2D eigenvalue weighted by molar-refractivity contribution is 7.14. The summed E-state index contributed by atoms with van der Waals surface area (Å²) in [7, 11) is 0. The van der Waals surface area contributed by atoms with Crippen LogP contribution in [-0.2, 0) is 4.79 Å². The maximum Gasteiger partial charge on any atom is 0.284 e. The van der Waals surface area contributed by atoms with Crippen LogP contribution in [0.1, 0.15) is 54.6 Å². The summed E-state index contributed by atoms with van der Waals surface area (Å²) in [6.45, 7) is 7.68. The van der Waals surface area contributed by atoms with Crippen LogP contribution in [0.2, 0.25) is 0 Å². The highest BCUT2D eigenvalue weighted by Gasteiger charge is 2.24. The first-order valence-corrected chi connectivity index (χ1v) is 6.65. The van der Waals surface area contributed by atoms with E-state index in [-0.39, 0.29) is 17.1 Å². The van der Waals surface area contributed by atoms with Crippen molar-refractivity contribution in [1.82, 2.24) is 5.48 Å². The van der Waals surface area contributed by atoms with Crippen molar-refractivity contribution in [2.45, 2.75) is 40.0 Å². The number of hydroxylamine groups is 1. The van der Waals surface area contributed by atoms with Crippen LogP contribution in [0, 0.1) is 5.41 Å². The van der Waals surface area contributed by atoms with E-state index >= 15 is 0 Å². The number of rotatable bonds is 4. The molecule has 0 bridgehead atoms. The molecule has 1 amide bonds. The zero-order chi connectivity index (χ0) is 13.9. The van der Waals surface area contributed by atoms with Crippen LogP contribution in [0.3, 0.4) is 0 Å². The van der Waals surface area contributed by atoms with Crippen LogP contribution in [0.5, 0.6) is 0 Å². The molecule has 0 aliphatic carbocycles.